The van der Waals surface area contributed by atoms with Crippen LogP contribution in [-0.4, -0.2) is 45.7 Å². The molecule has 100 valence electrons. The first-order chi connectivity index (χ1) is 9.22. The van der Waals surface area contributed by atoms with Crippen LogP contribution < -0.4 is 9.80 Å². The van der Waals surface area contributed by atoms with E-state index in [4.69, 9.17) is 0 Å². The van der Waals surface area contributed by atoms with Gasteiger partial charge in [-0.05, 0) is 26.0 Å². The van der Waals surface area contributed by atoms with E-state index in [2.05, 4.69) is 29.4 Å². The van der Waals surface area contributed by atoms with E-state index in [1.807, 2.05) is 26.0 Å². The highest BCUT2D eigenvalue weighted by Crippen LogP contribution is 2.20. The van der Waals surface area contributed by atoms with Gasteiger partial charge in [-0.25, -0.2) is 4.98 Å². The monoisotopic (exact) mass is 276 g/mol. The summed E-state index contributed by atoms with van der Waals surface area (Å²) >= 11 is 1.47. The summed E-state index contributed by atoms with van der Waals surface area (Å²) in [5.41, 5.74) is 0.951. The number of piperazine rings is 1. The normalized spacial score (nSPS) is 15.9. The summed E-state index contributed by atoms with van der Waals surface area (Å²) in [6.45, 7) is 7.66. The molecule has 1 saturated heterocycles. The molecule has 0 N–H and O–H groups in total. The molecule has 1 aliphatic heterocycles. The molecule has 0 saturated carbocycles. The smallest absolute Gasteiger partial charge is 0.205 e. The molecule has 0 atom stereocenters. The van der Waals surface area contributed by atoms with E-state index >= 15 is 0 Å². The van der Waals surface area contributed by atoms with Gasteiger partial charge in [-0.2, -0.15) is 9.47 Å². The Morgan fingerprint density at radius 1 is 1.00 bits per heavy atom. The molecule has 0 unspecified atom stereocenters. The van der Waals surface area contributed by atoms with Crippen molar-refractivity contribution in [2.24, 2.45) is 0 Å². The lowest BCUT2D eigenvalue weighted by atomic mass is 10.3. The zero-order valence-corrected chi connectivity index (χ0v) is 11.9. The van der Waals surface area contributed by atoms with Crippen LogP contribution in [0.25, 0.3) is 0 Å². The van der Waals surface area contributed by atoms with Gasteiger partial charge in [-0.1, -0.05) is 0 Å². The van der Waals surface area contributed by atoms with Crippen molar-refractivity contribution in [1.29, 1.82) is 0 Å². The van der Waals surface area contributed by atoms with Gasteiger partial charge in [0.1, 0.15) is 5.82 Å². The van der Waals surface area contributed by atoms with Crippen molar-refractivity contribution in [1.82, 2.24) is 19.6 Å². The van der Waals surface area contributed by atoms with E-state index in [0.717, 1.165) is 48.6 Å². The molecule has 0 aliphatic carbocycles. The highest BCUT2D eigenvalue weighted by Gasteiger charge is 2.20. The second-order valence-corrected chi connectivity index (χ2v) is 5.36. The highest BCUT2D eigenvalue weighted by molar-refractivity contribution is 7.09. The van der Waals surface area contributed by atoms with Crippen molar-refractivity contribution >= 4 is 22.5 Å². The molecule has 1 aliphatic rings. The third-order valence-corrected chi connectivity index (χ3v) is 4.04. The number of rotatable bonds is 2. The molecular formula is C12H16N6S. The Morgan fingerprint density at radius 2 is 1.74 bits per heavy atom. The minimum absolute atomic E-state index is 0.854. The summed E-state index contributed by atoms with van der Waals surface area (Å²) in [5, 5.41) is 9.37. The van der Waals surface area contributed by atoms with Crippen LogP contribution in [0.3, 0.4) is 0 Å². The van der Waals surface area contributed by atoms with Gasteiger partial charge in [0.25, 0.3) is 0 Å². The molecule has 1 fully saturated rings. The van der Waals surface area contributed by atoms with Crippen LogP contribution in [0.2, 0.25) is 0 Å². The van der Waals surface area contributed by atoms with E-state index in [9.17, 15) is 0 Å². The first kappa shape index (κ1) is 12.3. The third-order valence-electron chi connectivity index (χ3n) is 3.17. The van der Waals surface area contributed by atoms with Gasteiger partial charge in [0.2, 0.25) is 5.13 Å². The van der Waals surface area contributed by atoms with Crippen LogP contribution in [0.4, 0.5) is 10.9 Å². The zero-order valence-electron chi connectivity index (χ0n) is 11.1. The SMILES string of the molecule is Cc1ccc(N2CCN(c3nc(C)ns3)CC2)nn1. The Balaban J connectivity index is 1.64. The van der Waals surface area contributed by atoms with Gasteiger partial charge < -0.3 is 9.80 Å². The fourth-order valence-electron chi connectivity index (χ4n) is 2.10. The fraction of sp³-hybridized carbons (Fsp3) is 0.500. The van der Waals surface area contributed by atoms with Gasteiger partial charge in [0.05, 0.1) is 5.69 Å². The Kier molecular flexibility index (Phi) is 3.29. The average molecular weight is 276 g/mol. The summed E-state index contributed by atoms with van der Waals surface area (Å²) in [7, 11) is 0. The minimum atomic E-state index is 0.854. The Labute approximate surface area is 116 Å². The van der Waals surface area contributed by atoms with Crippen molar-refractivity contribution in [3.63, 3.8) is 0 Å². The lowest BCUT2D eigenvalue weighted by Crippen LogP contribution is -2.46. The lowest BCUT2D eigenvalue weighted by molar-refractivity contribution is 0.641. The zero-order chi connectivity index (χ0) is 13.2. The number of aryl methyl sites for hydroxylation is 2. The van der Waals surface area contributed by atoms with Crippen LogP contribution in [0.5, 0.6) is 0 Å². The first-order valence-corrected chi connectivity index (χ1v) is 7.10. The number of anilines is 2. The van der Waals surface area contributed by atoms with E-state index < -0.39 is 0 Å². The number of hydrogen-bond acceptors (Lipinski definition) is 7. The first-order valence-electron chi connectivity index (χ1n) is 6.33. The molecule has 0 spiro atoms. The number of hydrogen-bond donors (Lipinski definition) is 0. The van der Waals surface area contributed by atoms with Crippen molar-refractivity contribution in [3.05, 3.63) is 23.7 Å². The molecule has 3 heterocycles. The molecule has 19 heavy (non-hydrogen) atoms. The molecule has 0 bridgehead atoms. The van der Waals surface area contributed by atoms with E-state index in [-0.39, 0.29) is 0 Å². The number of aromatic nitrogens is 4. The highest BCUT2D eigenvalue weighted by atomic mass is 32.1. The van der Waals surface area contributed by atoms with Crippen molar-refractivity contribution in [3.8, 4) is 0 Å². The molecule has 3 rings (SSSR count). The van der Waals surface area contributed by atoms with Crippen LogP contribution in [0, 0.1) is 13.8 Å². The standard InChI is InChI=1S/C12H16N6S/c1-9-3-4-11(15-14-9)17-5-7-18(8-6-17)12-13-10(2)16-19-12/h3-4H,5-8H2,1-2H3. The maximum atomic E-state index is 4.43. The molecular weight excluding hydrogens is 260 g/mol. The second kappa shape index (κ2) is 5.08. The van der Waals surface area contributed by atoms with Crippen LogP contribution in [-0.2, 0) is 0 Å². The summed E-state index contributed by atoms with van der Waals surface area (Å²) in [5.74, 6) is 1.81. The van der Waals surface area contributed by atoms with E-state index in [1.54, 1.807) is 0 Å². The summed E-state index contributed by atoms with van der Waals surface area (Å²) in [6.07, 6.45) is 0. The van der Waals surface area contributed by atoms with Crippen LogP contribution >= 0.6 is 11.5 Å². The fourth-order valence-corrected chi connectivity index (χ4v) is 2.83. The van der Waals surface area contributed by atoms with Gasteiger partial charge in [0.15, 0.2) is 5.82 Å². The van der Waals surface area contributed by atoms with E-state index in [1.165, 1.54) is 11.5 Å². The Hall–Kier alpha value is -1.76. The van der Waals surface area contributed by atoms with Crippen molar-refractivity contribution < 1.29 is 0 Å². The van der Waals surface area contributed by atoms with Gasteiger partial charge >= 0.3 is 0 Å². The van der Waals surface area contributed by atoms with Crippen molar-refractivity contribution in [2.45, 2.75) is 13.8 Å². The van der Waals surface area contributed by atoms with Gasteiger partial charge in [-0.15, -0.1) is 5.10 Å². The molecule has 2 aromatic heterocycles. The Bertz CT molecular complexity index is 544. The summed E-state index contributed by atoms with van der Waals surface area (Å²) < 4.78 is 4.23. The largest absolute Gasteiger partial charge is 0.352 e. The second-order valence-electron chi connectivity index (χ2n) is 4.63. The molecule has 2 aromatic rings. The maximum Gasteiger partial charge on any atom is 0.205 e. The quantitative estimate of drug-likeness (QED) is 0.823. The Morgan fingerprint density at radius 3 is 2.32 bits per heavy atom. The summed E-state index contributed by atoms with van der Waals surface area (Å²) in [4.78, 5) is 8.97. The van der Waals surface area contributed by atoms with Gasteiger partial charge in [0, 0.05) is 37.7 Å². The van der Waals surface area contributed by atoms with Gasteiger partial charge in [-0.3, -0.25) is 0 Å². The molecule has 6 nitrogen and oxygen atoms in total. The predicted molar refractivity (Wildman–Crippen MR) is 75.8 cm³/mol. The third kappa shape index (κ3) is 2.65. The minimum Gasteiger partial charge on any atom is -0.352 e. The van der Waals surface area contributed by atoms with Crippen molar-refractivity contribution in [2.75, 3.05) is 36.0 Å². The predicted octanol–water partition coefficient (Wildman–Crippen LogP) is 1.27. The topological polar surface area (TPSA) is 58.0 Å². The maximum absolute atomic E-state index is 4.43. The number of nitrogens with zero attached hydrogens (tertiary/aromatic N) is 6. The molecule has 7 heteroatoms. The molecule has 0 amide bonds. The molecule has 0 aromatic carbocycles. The van der Waals surface area contributed by atoms with E-state index in [0.29, 0.717) is 0 Å². The average Bonchev–Trinajstić information content (AvgIpc) is 2.87. The molecule has 0 radical (unpaired) electrons. The lowest BCUT2D eigenvalue weighted by Gasteiger charge is -2.34. The summed E-state index contributed by atoms with van der Waals surface area (Å²) in [6, 6.07) is 4.04. The van der Waals surface area contributed by atoms with Crippen LogP contribution in [0.15, 0.2) is 12.1 Å². The van der Waals surface area contributed by atoms with Crippen LogP contribution in [0.1, 0.15) is 11.5 Å².